The summed E-state index contributed by atoms with van der Waals surface area (Å²) < 4.78 is 5.50. The van der Waals surface area contributed by atoms with Gasteiger partial charge in [0, 0.05) is 56.8 Å². The molecule has 0 radical (unpaired) electrons. The number of rotatable bonds is 4. The lowest BCUT2D eigenvalue weighted by molar-refractivity contribution is -0.134. The van der Waals surface area contributed by atoms with E-state index in [1.54, 1.807) is 13.3 Å². The molecule has 7 heteroatoms. The van der Waals surface area contributed by atoms with E-state index in [1.807, 2.05) is 28.0 Å². The number of pyridine rings is 1. The molecular formula is C26H32N4O3. The minimum atomic E-state index is 0.0208. The number of fused-ring (bicyclic) bond motifs is 1. The summed E-state index contributed by atoms with van der Waals surface area (Å²) in [5.41, 5.74) is 3.11. The number of anilines is 1. The van der Waals surface area contributed by atoms with Crippen LogP contribution in [0.2, 0.25) is 0 Å². The van der Waals surface area contributed by atoms with Gasteiger partial charge >= 0.3 is 0 Å². The Hall–Kier alpha value is -2.83. The van der Waals surface area contributed by atoms with Gasteiger partial charge in [0.2, 0.25) is 5.91 Å². The van der Waals surface area contributed by atoms with Crippen molar-refractivity contribution in [2.75, 3.05) is 51.3 Å². The Labute approximate surface area is 194 Å². The van der Waals surface area contributed by atoms with Crippen LogP contribution < -0.4 is 9.64 Å². The third kappa shape index (κ3) is 3.81. The molecule has 2 aliphatic heterocycles. The van der Waals surface area contributed by atoms with Gasteiger partial charge in [-0.25, -0.2) is 0 Å². The fourth-order valence-electron chi connectivity index (χ4n) is 5.55. The number of piperazine rings is 1. The second kappa shape index (κ2) is 7.89. The number of amides is 2. The SMILES string of the molecule is COc1ccc2ncc(C(=O)N3CCN(C(=O)C4CC4)CC3)c(N3CCC4(CC3)CC4)c2c1. The lowest BCUT2D eigenvalue weighted by Gasteiger charge is -2.38. The van der Waals surface area contributed by atoms with Crippen molar-refractivity contribution in [2.45, 2.75) is 38.5 Å². The van der Waals surface area contributed by atoms with E-state index >= 15 is 0 Å². The smallest absolute Gasteiger partial charge is 0.257 e. The van der Waals surface area contributed by atoms with Crippen molar-refractivity contribution in [2.24, 2.45) is 11.3 Å². The quantitative estimate of drug-likeness (QED) is 0.718. The van der Waals surface area contributed by atoms with E-state index in [4.69, 9.17) is 4.74 Å². The highest BCUT2D eigenvalue weighted by atomic mass is 16.5. The van der Waals surface area contributed by atoms with Crippen LogP contribution in [0.5, 0.6) is 5.75 Å². The van der Waals surface area contributed by atoms with E-state index in [-0.39, 0.29) is 17.7 Å². The van der Waals surface area contributed by atoms with Gasteiger partial charge in [-0.3, -0.25) is 14.6 Å². The van der Waals surface area contributed by atoms with Crippen LogP contribution in [0.1, 0.15) is 48.9 Å². The van der Waals surface area contributed by atoms with Crippen LogP contribution in [-0.2, 0) is 4.79 Å². The Morgan fingerprint density at radius 2 is 1.67 bits per heavy atom. The summed E-state index contributed by atoms with van der Waals surface area (Å²) in [7, 11) is 1.67. The molecule has 2 aliphatic carbocycles. The average Bonchev–Trinajstić information content (AvgIpc) is 3.80. The molecule has 0 N–H and O–H groups in total. The normalized spacial score (nSPS) is 22.0. The first kappa shape index (κ1) is 20.8. The number of methoxy groups -OCH3 is 1. The van der Waals surface area contributed by atoms with Crippen molar-refractivity contribution >= 4 is 28.4 Å². The van der Waals surface area contributed by atoms with Gasteiger partial charge in [-0.1, -0.05) is 0 Å². The monoisotopic (exact) mass is 448 g/mol. The molecule has 1 aromatic carbocycles. The highest BCUT2D eigenvalue weighted by molar-refractivity contribution is 6.07. The van der Waals surface area contributed by atoms with Crippen LogP contribution in [0.3, 0.4) is 0 Å². The zero-order valence-corrected chi connectivity index (χ0v) is 19.4. The summed E-state index contributed by atoms with van der Waals surface area (Å²) >= 11 is 0. The van der Waals surface area contributed by atoms with E-state index in [9.17, 15) is 9.59 Å². The van der Waals surface area contributed by atoms with Crippen LogP contribution in [0.25, 0.3) is 10.9 Å². The molecule has 174 valence electrons. The van der Waals surface area contributed by atoms with Crippen molar-refractivity contribution in [1.29, 1.82) is 0 Å². The van der Waals surface area contributed by atoms with E-state index < -0.39 is 0 Å². The fraction of sp³-hybridized carbons (Fsp3) is 0.577. The van der Waals surface area contributed by atoms with Gasteiger partial charge in [-0.15, -0.1) is 0 Å². The minimum Gasteiger partial charge on any atom is -0.497 e. The van der Waals surface area contributed by atoms with Crippen molar-refractivity contribution in [3.05, 3.63) is 30.0 Å². The molecule has 6 rings (SSSR count). The molecule has 33 heavy (non-hydrogen) atoms. The molecule has 0 bridgehead atoms. The first-order valence-corrected chi connectivity index (χ1v) is 12.4. The zero-order chi connectivity index (χ0) is 22.6. The van der Waals surface area contributed by atoms with E-state index in [0.29, 0.717) is 37.2 Å². The molecule has 2 saturated carbocycles. The third-order valence-electron chi connectivity index (χ3n) is 8.18. The number of aromatic nitrogens is 1. The molecule has 1 aromatic heterocycles. The molecule has 0 atom stereocenters. The summed E-state index contributed by atoms with van der Waals surface area (Å²) in [5, 5.41) is 0.981. The molecule has 3 heterocycles. The molecule has 7 nitrogen and oxygen atoms in total. The Kier molecular flexibility index (Phi) is 4.96. The molecule has 0 unspecified atom stereocenters. The second-order valence-corrected chi connectivity index (χ2v) is 10.3. The summed E-state index contributed by atoms with van der Waals surface area (Å²) in [6, 6.07) is 5.91. The number of benzene rings is 1. The van der Waals surface area contributed by atoms with Crippen LogP contribution >= 0.6 is 0 Å². The fourth-order valence-corrected chi connectivity index (χ4v) is 5.55. The first-order valence-electron chi connectivity index (χ1n) is 12.4. The Morgan fingerprint density at radius 1 is 0.970 bits per heavy atom. The molecule has 4 aliphatic rings. The van der Waals surface area contributed by atoms with E-state index in [1.165, 1.54) is 25.7 Å². The topological polar surface area (TPSA) is 66.0 Å². The molecule has 2 saturated heterocycles. The van der Waals surface area contributed by atoms with Crippen LogP contribution in [0.4, 0.5) is 5.69 Å². The number of hydrogen-bond donors (Lipinski definition) is 0. The lowest BCUT2D eigenvalue weighted by atomic mass is 9.92. The number of ether oxygens (including phenoxy) is 1. The van der Waals surface area contributed by atoms with Gasteiger partial charge in [0.25, 0.3) is 5.91 Å². The van der Waals surface area contributed by atoms with Gasteiger partial charge in [-0.2, -0.15) is 0 Å². The van der Waals surface area contributed by atoms with Gasteiger partial charge < -0.3 is 19.4 Å². The van der Waals surface area contributed by atoms with Gasteiger partial charge in [0.1, 0.15) is 5.75 Å². The van der Waals surface area contributed by atoms with Crippen molar-refractivity contribution in [3.63, 3.8) is 0 Å². The van der Waals surface area contributed by atoms with Crippen LogP contribution in [-0.4, -0.2) is 73.0 Å². The highest BCUT2D eigenvalue weighted by Crippen LogP contribution is 2.54. The highest BCUT2D eigenvalue weighted by Gasteiger charge is 2.45. The summed E-state index contributed by atoms with van der Waals surface area (Å²) in [5.74, 6) is 1.29. The summed E-state index contributed by atoms with van der Waals surface area (Å²) in [6.07, 6.45) is 8.88. The molecule has 2 amide bonds. The lowest BCUT2D eigenvalue weighted by Crippen LogP contribution is -2.51. The van der Waals surface area contributed by atoms with Gasteiger partial charge in [-0.05, 0) is 62.1 Å². The van der Waals surface area contributed by atoms with Crippen LogP contribution in [0.15, 0.2) is 24.4 Å². The molecule has 1 spiro atoms. The second-order valence-electron chi connectivity index (χ2n) is 10.3. The predicted octanol–water partition coefficient (Wildman–Crippen LogP) is 3.32. The molecule has 4 fully saturated rings. The maximum Gasteiger partial charge on any atom is 0.257 e. The number of piperidine rings is 1. The molecular weight excluding hydrogens is 416 g/mol. The Morgan fingerprint density at radius 3 is 2.30 bits per heavy atom. The van der Waals surface area contributed by atoms with Crippen molar-refractivity contribution in [1.82, 2.24) is 14.8 Å². The zero-order valence-electron chi connectivity index (χ0n) is 19.4. The number of nitrogens with zero attached hydrogens (tertiary/aromatic N) is 4. The minimum absolute atomic E-state index is 0.0208. The third-order valence-corrected chi connectivity index (χ3v) is 8.18. The number of hydrogen-bond acceptors (Lipinski definition) is 5. The van der Waals surface area contributed by atoms with Crippen LogP contribution in [0, 0.1) is 11.3 Å². The predicted molar refractivity (Wildman–Crippen MR) is 127 cm³/mol. The Balaban J connectivity index is 1.30. The maximum atomic E-state index is 13.7. The van der Waals surface area contributed by atoms with Crippen molar-refractivity contribution < 1.29 is 14.3 Å². The van der Waals surface area contributed by atoms with Gasteiger partial charge in [0.05, 0.1) is 23.9 Å². The van der Waals surface area contributed by atoms with Gasteiger partial charge in [0.15, 0.2) is 0 Å². The maximum absolute atomic E-state index is 13.7. The standard InChI is InChI=1S/C26H32N4O3/c1-33-19-4-5-22-20(16-19)23(28-10-8-26(6-7-26)9-11-28)21(17-27-22)25(32)30-14-12-29(13-15-30)24(31)18-2-3-18/h4-5,16-18H,2-3,6-15H2,1H3. The number of carbonyl (C=O) groups is 2. The van der Waals surface area contributed by atoms with E-state index in [0.717, 1.165) is 48.3 Å². The summed E-state index contributed by atoms with van der Waals surface area (Å²) in [4.78, 5) is 37.1. The average molecular weight is 449 g/mol. The Bertz CT molecular complexity index is 1090. The van der Waals surface area contributed by atoms with Crippen molar-refractivity contribution in [3.8, 4) is 5.75 Å². The number of carbonyl (C=O) groups excluding carboxylic acids is 2. The first-order chi connectivity index (χ1) is 16.1. The molecule has 2 aromatic rings. The largest absolute Gasteiger partial charge is 0.497 e. The van der Waals surface area contributed by atoms with E-state index in [2.05, 4.69) is 9.88 Å². The summed E-state index contributed by atoms with van der Waals surface area (Å²) in [6.45, 7) is 4.35.